The zero-order valence-electron chi connectivity index (χ0n) is 9.93. The first-order valence-corrected chi connectivity index (χ1v) is 7.80. The normalized spacial score (nSPS) is 11.4. The van der Waals surface area contributed by atoms with Crippen molar-refractivity contribution in [3.05, 3.63) is 49.0 Å². The first-order chi connectivity index (χ1) is 9.51. The molecule has 4 N–H and O–H groups in total. The predicted octanol–water partition coefficient (Wildman–Crippen LogP) is 3.62. The van der Waals surface area contributed by atoms with Gasteiger partial charge >= 0.3 is 0 Å². The van der Waals surface area contributed by atoms with Crippen molar-refractivity contribution >= 4 is 60.6 Å². The highest BCUT2D eigenvalue weighted by molar-refractivity contribution is 9.11. The van der Waals surface area contributed by atoms with E-state index in [9.17, 15) is 4.79 Å². The summed E-state index contributed by atoms with van der Waals surface area (Å²) in [7, 11) is 0. The molecule has 0 aliphatic carbocycles. The first kappa shape index (κ1) is 15.0. The molecule has 0 unspecified atom stereocenters. The average Bonchev–Trinajstić information content (AvgIpc) is 2.86. The fourth-order valence-electron chi connectivity index (χ4n) is 1.51. The molecule has 2 rings (SSSR count). The summed E-state index contributed by atoms with van der Waals surface area (Å²) >= 11 is 8.02. The van der Waals surface area contributed by atoms with Crippen LogP contribution in [0.15, 0.2) is 43.1 Å². The molecule has 1 amide bonds. The monoisotopic (exact) mass is 417 g/mol. The lowest BCUT2D eigenvalue weighted by Gasteiger charge is -2.10. The van der Waals surface area contributed by atoms with E-state index in [1.165, 1.54) is 11.3 Å². The minimum atomic E-state index is -0.263. The van der Waals surface area contributed by atoms with Crippen LogP contribution in [0.5, 0.6) is 0 Å². The van der Waals surface area contributed by atoms with Crippen LogP contribution in [0.2, 0.25) is 0 Å². The second-order valence-corrected chi connectivity index (χ2v) is 6.97. The van der Waals surface area contributed by atoms with Crippen molar-refractivity contribution in [2.45, 2.75) is 0 Å². The van der Waals surface area contributed by atoms with E-state index in [2.05, 4.69) is 42.3 Å². The van der Waals surface area contributed by atoms with E-state index in [1.807, 2.05) is 0 Å². The number of hydrogen-bond donors (Lipinski definition) is 3. The molecule has 8 heteroatoms. The summed E-state index contributed by atoms with van der Waals surface area (Å²) in [5.74, 6) is -0.339. The van der Waals surface area contributed by atoms with Crippen LogP contribution >= 0.6 is 43.2 Å². The van der Waals surface area contributed by atoms with Crippen molar-refractivity contribution < 1.29 is 10.0 Å². The average molecular weight is 419 g/mol. The van der Waals surface area contributed by atoms with Gasteiger partial charge in [0.2, 0.25) is 0 Å². The molecule has 1 aromatic heterocycles. The minimum Gasteiger partial charge on any atom is -0.409 e. The molecule has 20 heavy (non-hydrogen) atoms. The van der Waals surface area contributed by atoms with Crippen LogP contribution < -0.4 is 11.1 Å². The fourth-order valence-corrected chi connectivity index (χ4v) is 3.01. The van der Waals surface area contributed by atoms with Gasteiger partial charge in [-0.3, -0.25) is 4.79 Å². The molecular formula is C12H9Br2N3O2S. The summed E-state index contributed by atoms with van der Waals surface area (Å²) in [4.78, 5) is 12.1. The van der Waals surface area contributed by atoms with Gasteiger partial charge in [0.1, 0.15) is 0 Å². The van der Waals surface area contributed by atoms with Gasteiger partial charge in [-0.05, 0) is 40.2 Å². The lowest BCUT2D eigenvalue weighted by molar-refractivity contribution is 0.102. The number of rotatable bonds is 3. The quantitative estimate of drug-likeness (QED) is 0.308. The molecule has 0 radical (unpaired) electrons. The lowest BCUT2D eigenvalue weighted by atomic mass is 10.1. The van der Waals surface area contributed by atoms with Gasteiger partial charge < -0.3 is 16.3 Å². The molecule has 0 aliphatic heterocycles. The molecule has 104 valence electrons. The van der Waals surface area contributed by atoms with Crippen molar-refractivity contribution in [1.29, 1.82) is 0 Å². The van der Waals surface area contributed by atoms with Gasteiger partial charge in [0, 0.05) is 15.4 Å². The number of carbonyl (C=O) groups is 1. The van der Waals surface area contributed by atoms with Crippen LogP contribution in [-0.2, 0) is 0 Å². The van der Waals surface area contributed by atoms with E-state index >= 15 is 0 Å². The largest absolute Gasteiger partial charge is 0.409 e. The van der Waals surface area contributed by atoms with Gasteiger partial charge in [-0.2, -0.15) is 0 Å². The Morgan fingerprint density at radius 3 is 2.70 bits per heavy atom. The number of halogens is 2. The van der Waals surface area contributed by atoms with E-state index in [4.69, 9.17) is 10.9 Å². The Kier molecular flexibility index (Phi) is 4.79. The molecule has 0 atom stereocenters. The second-order valence-electron chi connectivity index (χ2n) is 3.77. The van der Waals surface area contributed by atoms with Crippen LogP contribution in [-0.4, -0.2) is 17.0 Å². The van der Waals surface area contributed by atoms with E-state index in [1.54, 1.807) is 29.6 Å². The summed E-state index contributed by atoms with van der Waals surface area (Å²) in [5.41, 5.74) is 7.05. The number of anilines is 1. The number of carbonyl (C=O) groups excluding carboxylic acids is 1. The summed E-state index contributed by atoms with van der Waals surface area (Å²) in [6, 6.07) is 6.82. The van der Waals surface area contributed by atoms with Crippen molar-refractivity contribution in [2.24, 2.45) is 10.9 Å². The Labute approximate surface area is 135 Å². The Morgan fingerprint density at radius 1 is 1.35 bits per heavy atom. The summed E-state index contributed by atoms with van der Waals surface area (Å²) in [5, 5.41) is 16.2. The molecule has 0 bridgehead atoms. The third-order valence-electron chi connectivity index (χ3n) is 2.44. The number of benzene rings is 1. The molecule has 0 fully saturated rings. The first-order valence-electron chi connectivity index (χ1n) is 5.34. The zero-order valence-corrected chi connectivity index (χ0v) is 13.9. The molecule has 5 nitrogen and oxygen atoms in total. The molecule has 0 saturated carbocycles. The van der Waals surface area contributed by atoms with E-state index in [0.717, 1.165) is 8.26 Å². The third kappa shape index (κ3) is 3.38. The van der Waals surface area contributed by atoms with Gasteiger partial charge in [0.15, 0.2) is 5.84 Å². The maximum Gasteiger partial charge on any atom is 0.256 e. The third-order valence-corrected chi connectivity index (χ3v) is 4.44. The standard InChI is InChI=1S/C12H9Br2N3O2S/c13-7-1-2-9(8(4-7)11(15)17-19)16-12(18)6-3-10(14)20-5-6/h1-5,19H,(H2,15,17)(H,16,18). The highest BCUT2D eigenvalue weighted by Crippen LogP contribution is 2.24. The van der Waals surface area contributed by atoms with Gasteiger partial charge in [-0.1, -0.05) is 21.1 Å². The van der Waals surface area contributed by atoms with Gasteiger partial charge in [-0.25, -0.2) is 0 Å². The highest BCUT2D eigenvalue weighted by Gasteiger charge is 2.13. The van der Waals surface area contributed by atoms with Crippen LogP contribution in [0.4, 0.5) is 5.69 Å². The highest BCUT2D eigenvalue weighted by atomic mass is 79.9. The Bertz CT molecular complexity index is 685. The van der Waals surface area contributed by atoms with Crippen LogP contribution in [0.1, 0.15) is 15.9 Å². The number of nitrogens with one attached hydrogen (secondary N) is 1. The Morgan fingerprint density at radius 2 is 2.10 bits per heavy atom. The van der Waals surface area contributed by atoms with E-state index < -0.39 is 0 Å². The number of thiophene rings is 1. The molecule has 0 aliphatic rings. The van der Waals surface area contributed by atoms with Crippen molar-refractivity contribution in [3.8, 4) is 0 Å². The van der Waals surface area contributed by atoms with Crippen LogP contribution in [0.3, 0.4) is 0 Å². The fraction of sp³-hybridized carbons (Fsp3) is 0. The van der Waals surface area contributed by atoms with E-state index in [0.29, 0.717) is 16.8 Å². The van der Waals surface area contributed by atoms with Crippen molar-refractivity contribution in [3.63, 3.8) is 0 Å². The van der Waals surface area contributed by atoms with Gasteiger partial charge in [-0.15, -0.1) is 11.3 Å². The van der Waals surface area contributed by atoms with Gasteiger partial charge in [0.25, 0.3) is 5.91 Å². The number of hydrogen-bond acceptors (Lipinski definition) is 4. The molecule has 0 spiro atoms. The SMILES string of the molecule is N/C(=N/O)c1cc(Br)ccc1NC(=O)c1csc(Br)c1. The van der Waals surface area contributed by atoms with Crippen LogP contribution in [0, 0.1) is 0 Å². The lowest BCUT2D eigenvalue weighted by Crippen LogP contribution is -2.19. The van der Waals surface area contributed by atoms with E-state index in [-0.39, 0.29) is 11.7 Å². The summed E-state index contributed by atoms with van der Waals surface area (Å²) < 4.78 is 1.63. The van der Waals surface area contributed by atoms with Crippen LogP contribution in [0.25, 0.3) is 0 Å². The predicted molar refractivity (Wildman–Crippen MR) is 86.6 cm³/mol. The maximum atomic E-state index is 12.1. The zero-order chi connectivity index (χ0) is 14.7. The molecule has 1 aromatic carbocycles. The smallest absolute Gasteiger partial charge is 0.256 e. The second kappa shape index (κ2) is 6.38. The van der Waals surface area contributed by atoms with Gasteiger partial charge in [0.05, 0.1) is 15.0 Å². The number of nitrogens with zero attached hydrogens (tertiary/aromatic N) is 1. The number of amidine groups is 1. The summed E-state index contributed by atoms with van der Waals surface area (Å²) in [6.07, 6.45) is 0. The molecule has 1 heterocycles. The molecule has 0 saturated heterocycles. The minimum absolute atomic E-state index is 0.0758. The molecular weight excluding hydrogens is 410 g/mol. The summed E-state index contributed by atoms with van der Waals surface area (Å²) in [6.45, 7) is 0. The Balaban J connectivity index is 2.32. The number of nitrogens with two attached hydrogens (primary N) is 1. The topological polar surface area (TPSA) is 87.7 Å². The maximum absolute atomic E-state index is 12.1. The van der Waals surface area contributed by atoms with Crippen molar-refractivity contribution in [2.75, 3.05) is 5.32 Å². The number of oxime groups is 1. The van der Waals surface area contributed by atoms with Crippen molar-refractivity contribution in [1.82, 2.24) is 0 Å². The number of amides is 1. The molecule has 2 aromatic rings. The Hall–Kier alpha value is -1.38.